The van der Waals surface area contributed by atoms with Gasteiger partial charge in [0, 0.05) is 5.56 Å². The van der Waals surface area contributed by atoms with Crippen LogP contribution in [0.1, 0.15) is 12.5 Å². The van der Waals surface area contributed by atoms with Crippen molar-refractivity contribution in [3.8, 4) is 5.75 Å². The summed E-state index contributed by atoms with van der Waals surface area (Å²) >= 11 is 0. The summed E-state index contributed by atoms with van der Waals surface area (Å²) in [5.41, 5.74) is 1.23. The second-order valence-electron chi connectivity index (χ2n) is 4.92. The van der Waals surface area contributed by atoms with Gasteiger partial charge >= 0.3 is 5.76 Å². The molecule has 0 unspecified atom stereocenters. The molecule has 0 amide bonds. The molecule has 1 aliphatic rings. The molecule has 0 saturated carbocycles. The predicted molar refractivity (Wildman–Crippen MR) is 80.8 cm³/mol. The summed E-state index contributed by atoms with van der Waals surface area (Å²) in [7, 11) is -3.48. The number of alkyl halides is 2. The van der Waals surface area contributed by atoms with Gasteiger partial charge in [-0.05, 0) is 19.1 Å². The number of hydrazone groups is 1. The first-order valence-electron chi connectivity index (χ1n) is 6.94. The Morgan fingerprint density at radius 2 is 2.00 bits per heavy atom. The van der Waals surface area contributed by atoms with Gasteiger partial charge in [0.05, 0.1) is 39.1 Å². The van der Waals surface area contributed by atoms with E-state index >= 15 is 0 Å². The Labute approximate surface area is 133 Å². The molecular formula is C14H18F2N2O4S. The topological polar surface area (TPSA) is 68.2 Å². The summed E-state index contributed by atoms with van der Waals surface area (Å²) in [6.07, 6.45) is 0. The van der Waals surface area contributed by atoms with Crippen LogP contribution in [0.5, 0.6) is 5.75 Å². The van der Waals surface area contributed by atoms with Gasteiger partial charge < -0.3 is 9.47 Å². The highest BCUT2D eigenvalue weighted by Gasteiger charge is 2.30. The summed E-state index contributed by atoms with van der Waals surface area (Å²) in [6, 6.07) is 3.96. The molecule has 2 rings (SSSR count). The van der Waals surface area contributed by atoms with Crippen molar-refractivity contribution in [1.82, 2.24) is 5.01 Å². The van der Waals surface area contributed by atoms with Crippen LogP contribution in [0.2, 0.25) is 0 Å². The first-order chi connectivity index (χ1) is 10.9. The molecule has 1 heterocycles. The second kappa shape index (κ2) is 7.22. The maximum absolute atomic E-state index is 12.7. The van der Waals surface area contributed by atoms with Crippen LogP contribution in [0.3, 0.4) is 0 Å². The van der Waals surface area contributed by atoms with Crippen molar-refractivity contribution in [2.75, 3.05) is 33.4 Å². The van der Waals surface area contributed by atoms with Crippen molar-refractivity contribution in [2.45, 2.75) is 17.6 Å². The highest BCUT2D eigenvalue weighted by Crippen LogP contribution is 2.29. The Bertz CT molecular complexity index is 686. The largest absolute Gasteiger partial charge is 0.495 e. The zero-order valence-electron chi connectivity index (χ0n) is 12.8. The zero-order valence-corrected chi connectivity index (χ0v) is 13.6. The average molecular weight is 348 g/mol. The molecule has 0 N–H and O–H groups in total. The van der Waals surface area contributed by atoms with Crippen molar-refractivity contribution >= 4 is 15.5 Å². The van der Waals surface area contributed by atoms with Crippen molar-refractivity contribution in [1.29, 1.82) is 0 Å². The van der Waals surface area contributed by atoms with Gasteiger partial charge in [-0.15, -0.1) is 0 Å². The lowest BCUT2D eigenvalue weighted by atomic mass is 10.1. The molecule has 0 aliphatic carbocycles. The molecule has 128 valence electrons. The van der Waals surface area contributed by atoms with Gasteiger partial charge in [-0.1, -0.05) is 6.07 Å². The second-order valence-corrected chi connectivity index (χ2v) is 6.81. The van der Waals surface area contributed by atoms with Gasteiger partial charge in [0.1, 0.15) is 10.6 Å². The molecule has 9 heteroatoms. The maximum Gasteiger partial charge on any atom is 0.341 e. The summed E-state index contributed by atoms with van der Waals surface area (Å²) in [5.74, 6) is -3.62. The number of halogens is 2. The number of hydrogen-bond acceptors (Lipinski definition) is 6. The normalized spacial score (nSPS) is 16.7. The molecular weight excluding hydrogens is 330 g/mol. The fourth-order valence-corrected chi connectivity index (χ4v) is 3.02. The van der Waals surface area contributed by atoms with E-state index in [4.69, 9.17) is 9.47 Å². The molecule has 1 aromatic carbocycles. The lowest BCUT2D eigenvalue weighted by Gasteiger charge is -2.24. The molecule has 0 radical (unpaired) electrons. The first-order valence-corrected chi connectivity index (χ1v) is 8.49. The van der Waals surface area contributed by atoms with Gasteiger partial charge in [0.2, 0.25) is 9.84 Å². The van der Waals surface area contributed by atoms with Crippen LogP contribution < -0.4 is 4.74 Å². The van der Waals surface area contributed by atoms with Gasteiger partial charge in [0.15, 0.2) is 0 Å². The Hall–Kier alpha value is -1.74. The standard InChI is InChI=1S/C14H18F2N2O4S/c1-10(17-18-5-7-22-8-6-18)11-3-4-13(12(9-11)21-2)23(19,20)14(15)16/h3-4,9,14H,5-8H2,1-2H3. The lowest BCUT2D eigenvalue weighted by molar-refractivity contribution is 0.0393. The van der Waals surface area contributed by atoms with E-state index in [9.17, 15) is 17.2 Å². The lowest BCUT2D eigenvalue weighted by Crippen LogP contribution is -2.33. The van der Waals surface area contributed by atoms with Crippen LogP contribution in [-0.4, -0.2) is 58.3 Å². The van der Waals surface area contributed by atoms with E-state index in [0.29, 0.717) is 37.6 Å². The number of methoxy groups -OCH3 is 1. The minimum Gasteiger partial charge on any atom is -0.495 e. The van der Waals surface area contributed by atoms with Crippen LogP contribution in [0, 0.1) is 0 Å². The summed E-state index contributed by atoms with van der Waals surface area (Å²) in [5, 5.41) is 6.27. The molecule has 1 fully saturated rings. The van der Waals surface area contributed by atoms with Gasteiger partial charge in [0.25, 0.3) is 0 Å². The van der Waals surface area contributed by atoms with Gasteiger partial charge in [-0.2, -0.15) is 13.9 Å². The van der Waals surface area contributed by atoms with Gasteiger partial charge in [-0.3, -0.25) is 5.01 Å². The van der Waals surface area contributed by atoms with Crippen molar-refractivity contribution in [3.63, 3.8) is 0 Å². The Kier molecular flexibility index (Phi) is 5.53. The monoisotopic (exact) mass is 348 g/mol. The number of ether oxygens (including phenoxy) is 2. The smallest absolute Gasteiger partial charge is 0.341 e. The van der Waals surface area contributed by atoms with Crippen molar-refractivity contribution in [2.24, 2.45) is 5.10 Å². The molecule has 1 aliphatic heterocycles. The molecule has 0 spiro atoms. The number of nitrogens with zero attached hydrogens (tertiary/aromatic N) is 2. The molecule has 0 aromatic heterocycles. The zero-order chi connectivity index (χ0) is 17.0. The Morgan fingerprint density at radius 1 is 1.35 bits per heavy atom. The summed E-state index contributed by atoms with van der Waals surface area (Å²) in [4.78, 5) is -0.530. The Morgan fingerprint density at radius 3 is 2.57 bits per heavy atom. The number of hydrogen-bond donors (Lipinski definition) is 0. The quantitative estimate of drug-likeness (QED) is 0.759. The predicted octanol–water partition coefficient (Wildman–Crippen LogP) is 1.75. The maximum atomic E-state index is 12.7. The van der Waals surface area contributed by atoms with E-state index in [-0.39, 0.29) is 5.75 Å². The third-order valence-corrected chi connectivity index (χ3v) is 4.82. The van der Waals surface area contributed by atoms with E-state index < -0.39 is 20.5 Å². The molecule has 1 saturated heterocycles. The Balaban J connectivity index is 2.33. The molecule has 23 heavy (non-hydrogen) atoms. The SMILES string of the molecule is COc1cc(C(C)=NN2CCOCC2)ccc1S(=O)(=O)C(F)F. The highest BCUT2D eigenvalue weighted by atomic mass is 32.2. The van der Waals surface area contributed by atoms with E-state index in [2.05, 4.69) is 5.10 Å². The highest BCUT2D eigenvalue weighted by molar-refractivity contribution is 7.91. The third-order valence-electron chi connectivity index (χ3n) is 3.40. The number of sulfone groups is 1. The van der Waals surface area contributed by atoms with Gasteiger partial charge in [-0.25, -0.2) is 8.42 Å². The minimum absolute atomic E-state index is 0.126. The molecule has 1 aromatic rings. The molecule has 0 bridgehead atoms. The van der Waals surface area contributed by atoms with E-state index in [1.54, 1.807) is 6.92 Å². The van der Waals surface area contributed by atoms with Crippen molar-refractivity contribution < 1.29 is 26.7 Å². The van der Waals surface area contributed by atoms with Crippen LogP contribution in [0.25, 0.3) is 0 Å². The average Bonchev–Trinajstić information content (AvgIpc) is 2.54. The van der Waals surface area contributed by atoms with E-state index in [1.165, 1.54) is 19.2 Å². The van der Waals surface area contributed by atoms with E-state index in [1.807, 2.05) is 5.01 Å². The molecule has 0 atom stereocenters. The van der Waals surface area contributed by atoms with Crippen LogP contribution in [0.4, 0.5) is 8.78 Å². The van der Waals surface area contributed by atoms with Crippen LogP contribution in [-0.2, 0) is 14.6 Å². The summed E-state index contributed by atoms with van der Waals surface area (Å²) < 4.78 is 58.8. The van der Waals surface area contributed by atoms with Crippen LogP contribution >= 0.6 is 0 Å². The summed E-state index contributed by atoms with van der Waals surface area (Å²) in [6.45, 7) is 4.25. The van der Waals surface area contributed by atoms with E-state index in [0.717, 1.165) is 6.07 Å². The third kappa shape index (κ3) is 3.97. The first kappa shape index (κ1) is 17.6. The van der Waals surface area contributed by atoms with Crippen LogP contribution in [0.15, 0.2) is 28.2 Å². The fraction of sp³-hybridized carbons (Fsp3) is 0.500. The number of benzene rings is 1. The molecule has 6 nitrogen and oxygen atoms in total. The fourth-order valence-electron chi connectivity index (χ4n) is 2.15. The minimum atomic E-state index is -4.71. The van der Waals surface area contributed by atoms with Crippen molar-refractivity contribution in [3.05, 3.63) is 23.8 Å². The number of rotatable bonds is 5. The number of morpholine rings is 1.